The fraction of sp³-hybridized carbons (Fsp3) is 0.118. The molecule has 1 aromatic carbocycles. The van der Waals surface area contributed by atoms with Gasteiger partial charge in [-0.3, -0.25) is 0 Å². The van der Waals surface area contributed by atoms with Gasteiger partial charge in [-0.15, -0.1) is 0 Å². The Kier molecular flexibility index (Phi) is 2.71. The molecule has 3 rings (SSSR count). The molecule has 0 spiro atoms. The summed E-state index contributed by atoms with van der Waals surface area (Å²) in [5, 5.41) is 2.41. The average molecular weight is 248 g/mol. The highest BCUT2D eigenvalue weighted by atomic mass is 15.0. The Morgan fingerprint density at radius 1 is 1.26 bits per heavy atom. The molecule has 0 unspecified atom stereocenters. The lowest BCUT2D eigenvalue weighted by molar-refractivity contribution is 0.989. The molecule has 2 heterocycles. The number of aromatic nitrogens is 2. The van der Waals surface area contributed by atoms with Gasteiger partial charge in [0.25, 0.3) is 0 Å². The molecule has 0 aliphatic heterocycles. The number of nitrogens with zero attached hydrogens (tertiary/aromatic N) is 2. The van der Waals surface area contributed by atoms with Crippen molar-refractivity contribution < 1.29 is 0 Å². The quantitative estimate of drug-likeness (QED) is 0.657. The van der Waals surface area contributed by atoms with E-state index in [1.54, 1.807) is 0 Å². The van der Waals surface area contributed by atoms with Crippen molar-refractivity contribution in [2.75, 3.05) is 0 Å². The summed E-state index contributed by atoms with van der Waals surface area (Å²) in [6, 6.07) is 8.39. The molecule has 19 heavy (non-hydrogen) atoms. The van der Waals surface area contributed by atoms with Crippen molar-refractivity contribution >= 4 is 34.1 Å². The summed E-state index contributed by atoms with van der Waals surface area (Å²) in [4.78, 5) is 4.61. The average Bonchev–Trinajstić information content (AvgIpc) is 2.73. The van der Waals surface area contributed by atoms with Crippen LogP contribution in [0.15, 0.2) is 43.1 Å². The molecule has 3 aromatic rings. The van der Waals surface area contributed by atoms with E-state index in [-0.39, 0.29) is 0 Å². The lowest BCUT2D eigenvalue weighted by Crippen LogP contribution is -1.91. The van der Waals surface area contributed by atoms with E-state index in [4.69, 9.17) is 0 Å². The third-order valence-corrected chi connectivity index (χ3v) is 3.53. The molecule has 0 amide bonds. The maximum absolute atomic E-state index is 4.61. The number of pyridine rings is 1. The topological polar surface area (TPSA) is 17.8 Å². The Morgan fingerprint density at radius 3 is 2.79 bits per heavy atom. The third kappa shape index (κ3) is 1.60. The molecule has 0 aliphatic rings. The second-order valence-corrected chi connectivity index (χ2v) is 4.61. The second kappa shape index (κ2) is 4.39. The molecule has 0 N–H and O–H groups in total. The summed E-state index contributed by atoms with van der Waals surface area (Å²) in [5.74, 6) is 0. The molecular formula is C17H16N2. The zero-order chi connectivity index (χ0) is 13.4. The second-order valence-electron chi connectivity index (χ2n) is 4.61. The van der Waals surface area contributed by atoms with E-state index in [0.717, 1.165) is 16.8 Å². The van der Waals surface area contributed by atoms with E-state index >= 15 is 0 Å². The molecular weight excluding hydrogens is 232 g/mol. The number of hydrogen-bond acceptors (Lipinski definition) is 1. The smallest absolute Gasteiger partial charge is 0.141 e. The van der Waals surface area contributed by atoms with E-state index in [1.807, 2.05) is 25.3 Å². The lowest BCUT2D eigenvalue weighted by atomic mass is 10.0. The van der Waals surface area contributed by atoms with Gasteiger partial charge in [-0.1, -0.05) is 43.0 Å². The van der Waals surface area contributed by atoms with Gasteiger partial charge in [0.2, 0.25) is 0 Å². The van der Waals surface area contributed by atoms with Crippen LogP contribution < -0.4 is 0 Å². The first-order valence-corrected chi connectivity index (χ1v) is 6.39. The zero-order valence-electron chi connectivity index (χ0n) is 11.2. The van der Waals surface area contributed by atoms with Gasteiger partial charge in [0, 0.05) is 29.6 Å². The predicted molar refractivity (Wildman–Crippen MR) is 83.0 cm³/mol. The van der Waals surface area contributed by atoms with Crippen LogP contribution in [0.5, 0.6) is 0 Å². The first kappa shape index (κ1) is 11.7. The summed E-state index contributed by atoms with van der Waals surface area (Å²) >= 11 is 0. The van der Waals surface area contributed by atoms with Crippen molar-refractivity contribution in [3.05, 3.63) is 54.2 Å². The van der Waals surface area contributed by atoms with Gasteiger partial charge >= 0.3 is 0 Å². The van der Waals surface area contributed by atoms with Crippen molar-refractivity contribution in [2.45, 2.75) is 6.92 Å². The Hall–Kier alpha value is -2.35. The summed E-state index contributed by atoms with van der Waals surface area (Å²) in [6.07, 6.45) is 7.94. The van der Waals surface area contributed by atoms with Crippen molar-refractivity contribution in [2.24, 2.45) is 7.05 Å². The van der Waals surface area contributed by atoms with Gasteiger partial charge in [0.1, 0.15) is 5.65 Å². The molecule has 0 atom stereocenters. The molecule has 2 nitrogen and oxygen atoms in total. The van der Waals surface area contributed by atoms with Crippen LogP contribution in [0.3, 0.4) is 0 Å². The van der Waals surface area contributed by atoms with Crippen molar-refractivity contribution in [1.29, 1.82) is 0 Å². The fourth-order valence-electron chi connectivity index (χ4n) is 2.67. The Labute approximate surface area is 112 Å². The Morgan fingerprint density at radius 2 is 2.05 bits per heavy atom. The van der Waals surface area contributed by atoms with E-state index in [0.29, 0.717) is 0 Å². The highest BCUT2D eigenvalue weighted by Gasteiger charge is 2.13. The normalized spacial score (nSPS) is 11.7. The van der Waals surface area contributed by atoms with Crippen LogP contribution in [0, 0.1) is 0 Å². The molecule has 0 aliphatic carbocycles. The summed E-state index contributed by atoms with van der Waals surface area (Å²) < 4.78 is 2.14. The van der Waals surface area contributed by atoms with Gasteiger partial charge in [-0.2, -0.15) is 0 Å². The highest BCUT2D eigenvalue weighted by Crippen LogP contribution is 2.32. The summed E-state index contributed by atoms with van der Waals surface area (Å²) in [5.41, 5.74) is 4.47. The summed E-state index contributed by atoms with van der Waals surface area (Å²) in [7, 11) is 2.06. The minimum atomic E-state index is 1.00. The first-order chi connectivity index (χ1) is 9.27. The molecule has 0 saturated carbocycles. The molecule has 0 saturated heterocycles. The van der Waals surface area contributed by atoms with Crippen LogP contribution in [0.25, 0.3) is 34.1 Å². The third-order valence-electron chi connectivity index (χ3n) is 3.53. The van der Waals surface area contributed by atoms with Crippen LogP contribution in [-0.2, 0) is 7.05 Å². The maximum atomic E-state index is 4.61. The Bertz CT molecular complexity index is 807. The standard InChI is InChI=1S/C17H16N2/c1-4-8-12-11-18-17-16(13(12)5-2)14-9-6-7-10-15(14)19(17)3/h4-11H,2H2,1,3H3/b8-4-. The SMILES string of the molecule is C=Cc1c(/C=C\C)cnc2c1c1ccccc1n2C. The van der Waals surface area contributed by atoms with Crippen molar-refractivity contribution in [3.63, 3.8) is 0 Å². The van der Waals surface area contributed by atoms with Gasteiger partial charge in [-0.05, 0) is 18.6 Å². The minimum absolute atomic E-state index is 1.00. The van der Waals surface area contributed by atoms with Crippen LogP contribution in [0.2, 0.25) is 0 Å². The predicted octanol–water partition coefficient (Wildman–Crippen LogP) is 4.40. The molecule has 0 radical (unpaired) electrons. The number of fused-ring (bicyclic) bond motifs is 3. The van der Waals surface area contributed by atoms with E-state index in [9.17, 15) is 0 Å². The Balaban J connectivity index is 2.58. The van der Waals surface area contributed by atoms with E-state index in [2.05, 4.69) is 53.5 Å². The molecule has 2 aromatic heterocycles. The van der Waals surface area contributed by atoms with Gasteiger partial charge in [0.15, 0.2) is 0 Å². The van der Waals surface area contributed by atoms with Crippen LogP contribution in [-0.4, -0.2) is 9.55 Å². The van der Waals surface area contributed by atoms with Crippen molar-refractivity contribution in [1.82, 2.24) is 9.55 Å². The summed E-state index contributed by atoms with van der Waals surface area (Å²) in [6.45, 7) is 5.98. The number of aryl methyl sites for hydroxylation is 1. The van der Waals surface area contributed by atoms with Crippen molar-refractivity contribution in [3.8, 4) is 0 Å². The fourth-order valence-corrected chi connectivity index (χ4v) is 2.67. The zero-order valence-corrected chi connectivity index (χ0v) is 11.2. The lowest BCUT2D eigenvalue weighted by Gasteiger charge is -2.03. The minimum Gasteiger partial charge on any atom is -0.328 e. The number of rotatable bonds is 2. The largest absolute Gasteiger partial charge is 0.328 e. The number of benzene rings is 1. The number of hydrogen-bond donors (Lipinski definition) is 0. The first-order valence-electron chi connectivity index (χ1n) is 6.39. The molecule has 94 valence electrons. The highest BCUT2D eigenvalue weighted by molar-refractivity contribution is 6.11. The van der Waals surface area contributed by atoms with Crippen LogP contribution >= 0.6 is 0 Å². The van der Waals surface area contributed by atoms with Gasteiger partial charge in [0.05, 0.1) is 5.52 Å². The van der Waals surface area contributed by atoms with Crippen LogP contribution in [0.1, 0.15) is 18.1 Å². The van der Waals surface area contributed by atoms with Gasteiger partial charge < -0.3 is 4.57 Å². The van der Waals surface area contributed by atoms with Gasteiger partial charge in [-0.25, -0.2) is 4.98 Å². The monoisotopic (exact) mass is 248 g/mol. The molecule has 2 heteroatoms. The molecule has 0 bridgehead atoms. The van der Waals surface area contributed by atoms with E-state index < -0.39 is 0 Å². The number of para-hydroxylation sites is 1. The van der Waals surface area contributed by atoms with Crippen LogP contribution in [0.4, 0.5) is 0 Å². The molecule has 0 fully saturated rings. The maximum Gasteiger partial charge on any atom is 0.141 e. The van der Waals surface area contributed by atoms with E-state index in [1.165, 1.54) is 16.3 Å². The number of allylic oxidation sites excluding steroid dienone is 1.